The maximum absolute atomic E-state index is 13.6. The van der Waals surface area contributed by atoms with E-state index in [4.69, 9.17) is 10.00 Å². The topological polar surface area (TPSA) is 79.2 Å². The van der Waals surface area contributed by atoms with Crippen LogP contribution in [0.2, 0.25) is 0 Å². The van der Waals surface area contributed by atoms with E-state index in [1.54, 1.807) is 0 Å². The maximum atomic E-state index is 13.6. The lowest BCUT2D eigenvalue weighted by atomic mass is 10.1. The number of carbonyl (C=O) groups is 2. The zero-order valence-corrected chi connectivity index (χ0v) is 13.3. The third-order valence-electron chi connectivity index (χ3n) is 3.39. The number of nitriles is 1. The predicted molar refractivity (Wildman–Crippen MR) is 84.4 cm³/mol. The molecule has 1 atom stereocenters. The zero-order chi connectivity index (χ0) is 18.4. The van der Waals surface area contributed by atoms with Gasteiger partial charge in [-0.3, -0.25) is 4.79 Å². The molecule has 0 unspecified atom stereocenters. The molecule has 2 aromatic rings. The molecule has 2 aromatic carbocycles. The van der Waals surface area contributed by atoms with Crippen LogP contribution >= 0.6 is 0 Å². The van der Waals surface area contributed by atoms with Gasteiger partial charge in [-0.15, -0.1) is 0 Å². The molecular formula is C18H14F2N2O3. The van der Waals surface area contributed by atoms with Gasteiger partial charge in [0.2, 0.25) is 0 Å². The molecule has 0 aromatic heterocycles. The lowest BCUT2D eigenvalue weighted by molar-refractivity contribution is -0.124. The molecule has 25 heavy (non-hydrogen) atoms. The highest BCUT2D eigenvalue weighted by Crippen LogP contribution is 2.17. The van der Waals surface area contributed by atoms with E-state index in [0.29, 0.717) is 5.56 Å². The molecule has 1 amide bonds. The van der Waals surface area contributed by atoms with Crippen LogP contribution in [-0.2, 0) is 9.53 Å². The van der Waals surface area contributed by atoms with Crippen LogP contribution in [0.5, 0.6) is 0 Å². The zero-order valence-electron chi connectivity index (χ0n) is 13.3. The summed E-state index contributed by atoms with van der Waals surface area (Å²) in [6.45, 7) is 0.975. The summed E-state index contributed by atoms with van der Waals surface area (Å²) in [6.07, 6.45) is 0. The highest BCUT2D eigenvalue weighted by atomic mass is 19.1. The second-order valence-corrected chi connectivity index (χ2v) is 5.22. The molecule has 0 spiro atoms. The molecule has 128 valence electrons. The summed E-state index contributed by atoms with van der Waals surface area (Å²) >= 11 is 0. The molecule has 2 rings (SSSR count). The predicted octanol–water partition coefficient (Wildman–Crippen LogP) is 2.87. The van der Waals surface area contributed by atoms with Crippen LogP contribution in [0.1, 0.15) is 34.5 Å². The van der Waals surface area contributed by atoms with Gasteiger partial charge in [0.15, 0.2) is 6.61 Å². The molecule has 7 heteroatoms. The molecule has 0 aliphatic heterocycles. The fraction of sp³-hybridized carbons (Fsp3) is 0.167. The summed E-state index contributed by atoms with van der Waals surface area (Å²) in [5.41, 5.74) is 0.710. The summed E-state index contributed by atoms with van der Waals surface area (Å²) in [6, 6.07) is 9.98. The van der Waals surface area contributed by atoms with Crippen LogP contribution in [0.15, 0.2) is 42.5 Å². The Morgan fingerprint density at radius 3 is 2.48 bits per heavy atom. The van der Waals surface area contributed by atoms with E-state index in [9.17, 15) is 18.4 Å². The van der Waals surface area contributed by atoms with Crippen molar-refractivity contribution in [3.05, 3.63) is 70.8 Å². The van der Waals surface area contributed by atoms with Crippen molar-refractivity contribution in [2.75, 3.05) is 6.61 Å². The third-order valence-corrected chi connectivity index (χ3v) is 3.39. The molecule has 5 nitrogen and oxygen atoms in total. The Morgan fingerprint density at radius 1 is 1.20 bits per heavy atom. The summed E-state index contributed by atoms with van der Waals surface area (Å²) < 4.78 is 31.4. The Hall–Kier alpha value is -3.27. The Bertz CT molecular complexity index is 829. The number of nitrogens with zero attached hydrogens (tertiary/aromatic N) is 1. The van der Waals surface area contributed by atoms with Gasteiger partial charge < -0.3 is 10.1 Å². The average Bonchev–Trinajstić information content (AvgIpc) is 2.59. The van der Waals surface area contributed by atoms with Gasteiger partial charge in [0, 0.05) is 11.6 Å². The minimum atomic E-state index is -0.776. The molecule has 0 saturated carbocycles. The van der Waals surface area contributed by atoms with Gasteiger partial charge in [0.1, 0.15) is 11.6 Å². The number of ether oxygens (including phenoxy) is 1. The Kier molecular flexibility index (Phi) is 5.79. The van der Waals surface area contributed by atoms with Crippen LogP contribution < -0.4 is 5.32 Å². The lowest BCUT2D eigenvalue weighted by Gasteiger charge is -2.15. The van der Waals surface area contributed by atoms with Gasteiger partial charge in [-0.25, -0.2) is 13.6 Å². The van der Waals surface area contributed by atoms with Crippen LogP contribution in [0.3, 0.4) is 0 Å². The van der Waals surface area contributed by atoms with Crippen molar-refractivity contribution in [1.29, 1.82) is 5.26 Å². The second-order valence-electron chi connectivity index (χ2n) is 5.22. The van der Waals surface area contributed by atoms with Crippen molar-refractivity contribution in [2.45, 2.75) is 13.0 Å². The Labute approximate surface area is 142 Å². The molecule has 0 aliphatic rings. The van der Waals surface area contributed by atoms with Crippen molar-refractivity contribution in [2.24, 2.45) is 0 Å². The van der Waals surface area contributed by atoms with E-state index < -0.39 is 36.2 Å². The lowest BCUT2D eigenvalue weighted by Crippen LogP contribution is -2.31. The number of hydrogen-bond donors (Lipinski definition) is 1. The summed E-state index contributed by atoms with van der Waals surface area (Å²) in [5, 5.41) is 11.1. The van der Waals surface area contributed by atoms with Gasteiger partial charge in [-0.1, -0.05) is 6.07 Å². The van der Waals surface area contributed by atoms with Gasteiger partial charge in [-0.05, 0) is 37.3 Å². The summed E-state index contributed by atoms with van der Waals surface area (Å²) in [7, 11) is 0. The van der Waals surface area contributed by atoms with E-state index in [0.717, 1.165) is 12.1 Å². The van der Waals surface area contributed by atoms with Crippen molar-refractivity contribution in [3.8, 4) is 6.07 Å². The first-order chi connectivity index (χ1) is 11.9. The standard InChI is InChI=1S/C18H14F2N2O3/c1-11(15-7-6-14(19)8-16(15)20)22-17(23)10-25-18(24)13-4-2-12(9-21)3-5-13/h2-8,11H,10H2,1H3,(H,22,23)/t11-/m1/s1. The van der Waals surface area contributed by atoms with Crippen LogP contribution in [0.25, 0.3) is 0 Å². The number of benzene rings is 2. The Balaban J connectivity index is 1.89. The van der Waals surface area contributed by atoms with Crippen LogP contribution in [0, 0.1) is 23.0 Å². The SMILES string of the molecule is C[C@@H](NC(=O)COC(=O)c1ccc(C#N)cc1)c1ccc(F)cc1F. The largest absolute Gasteiger partial charge is 0.452 e. The third kappa shape index (κ3) is 4.85. The van der Waals surface area contributed by atoms with E-state index in [2.05, 4.69) is 5.32 Å². The van der Waals surface area contributed by atoms with Gasteiger partial charge in [0.25, 0.3) is 5.91 Å². The number of nitrogens with one attached hydrogen (secondary N) is 1. The number of amides is 1. The van der Waals surface area contributed by atoms with E-state index >= 15 is 0 Å². The first kappa shape index (κ1) is 18.1. The van der Waals surface area contributed by atoms with E-state index in [1.165, 1.54) is 37.3 Å². The highest BCUT2D eigenvalue weighted by molar-refractivity contribution is 5.91. The highest BCUT2D eigenvalue weighted by Gasteiger charge is 2.16. The summed E-state index contributed by atoms with van der Waals surface area (Å²) in [4.78, 5) is 23.6. The monoisotopic (exact) mass is 344 g/mol. The fourth-order valence-electron chi connectivity index (χ4n) is 2.11. The second kappa shape index (κ2) is 8.02. The first-order valence-electron chi connectivity index (χ1n) is 7.32. The number of rotatable bonds is 5. The average molecular weight is 344 g/mol. The molecule has 0 fully saturated rings. The molecule has 0 bridgehead atoms. The van der Waals surface area contributed by atoms with E-state index in [1.807, 2.05) is 6.07 Å². The molecule has 0 saturated heterocycles. The van der Waals surface area contributed by atoms with E-state index in [-0.39, 0.29) is 11.1 Å². The number of hydrogen-bond acceptors (Lipinski definition) is 4. The molecule has 1 N–H and O–H groups in total. The normalized spacial score (nSPS) is 11.3. The number of esters is 1. The number of halogens is 2. The van der Waals surface area contributed by atoms with Crippen molar-refractivity contribution >= 4 is 11.9 Å². The van der Waals surface area contributed by atoms with Gasteiger partial charge >= 0.3 is 5.97 Å². The van der Waals surface area contributed by atoms with Crippen molar-refractivity contribution in [1.82, 2.24) is 5.32 Å². The number of carbonyl (C=O) groups excluding carboxylic acids is 2. The van der Waals surface area contributed by atoms with Crippen LogP contribution in [-0.4, -0.2) is 18.5 Å². The molecule has 0 aliphatic carbocycles. The summed E-state index contributed by atoms with van der Waals surface area (Å²) in [5.74, 6) is -2.84. The van der Waals surface area contributed by atoms with Gasteiger partial charge in [0.05, 0.1) is 23.2 Å². The first-order valence-corrected chi connectivity index (χ1v) is 7.32. The van der Waals surface area contributed by atoms with Crippen molar-refractivity contribution < 1.29 is 23.1 Å². The molecule has 0 radical (unpaired) electrons. The van der Waals surface area contributed by atoms with Crippen LogP contribution in [0.4, 0.5) is 8.78 Å². The Morgan fingerprint density at radius 2 is 1.88 bits per heavy atom. The minimum absolute atomic E-state index is 0.119. The smallest absolute Gasteiger partial charge is 0.338 e. The van der Waals surface area contributed by atoms with Gasteiger partial charge in [-0.2, -0.15) is 5.26 Å². The minimum Gasteiger partial charge on any atom is -0.452 e. The van der Waals surface area contributed by atoms with Crippen molar-refractivity contribution in [3.63, 3.8) is 0 Å². The fourth-order valence-corrected chi connectivity index (χ4v) is 2.11. The maximum Gasteiger partial charge on any atom is 0.338 e. The molecular weight excluding hydrogens is 330 g/mol. The quantitative estimate of drug-likeness (QED) is 0.846. The molecule has 0 heterocycles.